The minimum atomic E-state index is -0.0994. The van der Waals surface area contributed by atoms with Crippen LogP contribution in [0.3, 0.4) is 0 Å². The van der Waals surface area contributed by atoms with Crippen LogP contribution in [0.4, 0.5) is 5.69 Å². The number of guanidine groups is 1. The number of amides is 1. The molecule has 0 aliphatic carbocycles. The Hall–Kier alpha value is -2.54. The Morgan fingerprint density at radius 3 is 2.85 bits per heavy atom. The van der Waals surface area contributed by atoms with Crippen LogP contribution in [0.15, 0.2) is 46.8 Å². The van der Waals surface area contributed by atoms with Crippen LogP contribution in [0, 0.1) is 0 Å². The average Bonchev–Trinajstić information content (AvgIpc) is 3.15. The van der Waals surface area contributed by atoms with Gasteiger partial charge in [-0.15, -0.1) is 11.3 Å². The molecule has 0 bridgehead atoms. The van der Waals surface area contributed by atoms with E-state index in [1.165, 1.54) is 11.8 Å². The summed E-state index contributed by atoms with van der Waals surface area (Å²) in [4.78, 5) is 19.3. The highest BCUT2D eigenvalue weighted by Crippen LogP contribution is 2.17. The quantitative estimate of drug-likeness (QED) is 0.393. The van der Waals surface area contributed by atoms with Crippen LogP contribution < -0.4 is 15.4 Å². The van der Waals surface area contributed by atoms with Gasteiger partial charge < -0.3 is 20.3 Å². The van der Waals surface area contributed by atoms with E-state index in [0.29, 0.717) is 18.9 Å². The number of hydrogen-bond acceptors (Lipinski definition) is 4. The summed E-state index contributed by atoms with van der Waals surface area (Å²) in [5, 5.41) is 8.17. The molecule has 0 unspecified atom stereocenters. The molecule has 1 aromatic carbocycles. The Bertz CT molecular complexity index is 731. The van der Waals surface area contributed by atoms with Gasteiger partial charge in [0.25, 0.3) is 0 Å². The molecule has 0 radical (unpaired) electrons. The van der Waals surface area contributed by atoms with Crippen molar-refractivity contribution in [1.82, 2.24) is 10.2 Å². The fourth-order valence-corrected chi connectivity index (χ4v) is 3.19. The Labute approximate surface area is 165 Å². The second-order valence-electron chi connectivity index (χ2n) is 6.04. The second kappa shape index (κ2) is 11.2. The second-order valence-corrected chi connectivity index (χ2v) is 7.08. The van der Waals surface area contributed by atoms with Gasteiger partial charge >= 0.3 is 0 Å². The normalized spacial score (nSPS) is 11.1. The smallest absolute Gasteiger partial charge is 0.221 e. The van der Waals surface area contributed by atoms with E-state index in [-0.39, 0.29) is 5.91 Å². The number of carbonyl (C=O) groups is 1. The molecule has 7 heteroatoms. The van der Waals surface area contributed by atoms with Crippen molar-refractivity contribution in [2.45, 2.75) is 20.3 Å². The molecule has 1 amide bonds. The molecule has 6 nitrogen and oxygen atoms in total. The number of likely N-dealkylation sites (N-methyl/N-ethyl adjacent to an activating group) is 1. The summed E-state index contributed by atoms with van der Waals surface area (Å²) < 4.78 is 5.75. The molecule has 1 heterocycles. The van der Waals surface area contributed by atoms with Crippen molar-refractivity contribution >= 4 is 28.9 Å². The Balaban J connectivity index is 1.82. The number of rotatable bonds is 9. The minimum absolute atomic E-state index is 0.0994. The molecule has 2 rings (SSSR count). The molecule has 0 atom stereocenters. The Morgan fingerprint density at radius 1 is 1.30 bits per heavy atom. The first-order chi connectivity index (χ1) is 13.1. The third-order valence-corrected chi connectivity index (χ3v) is 4.68. The number of hydrogen-bond donors (Lipinski definition) is 2. The van der Waals surface area contributed by atoms with E-state index in [9.17, 15) is 4.79 Å². The number of thiophene rings is 1. The van der Waals surface area contributed by atoms with Crippen LogP contribution >= 0.6 is 11.3 Å². The zero-order valence-electron chi connectivity index (χ0n) is 16.2. The fraction of sp³-hybridized carbons (Fsp3) is 0.400. The maximum atomic E-state index is 11.1. The summed E-state index contributed by atoms with van der Waals surface area (Å²) in [7, 11) is 2.05. The summed E-state index contributed by atoms with van der Waals surface area (Å²) in [5.74, 6) is 1.50. The lowest BCUT2D eigenvalue weighted by molar-refractivity contribution is -0.114. The topological polar surface area (TPSA) is 66.0 Å². The standard InChI is InChI=1S/C20H28N4O2S/c1-4-21-20(24(3)12-10-19-9-6-14-27-19)22-11-13-26-18-8-5-7-17(15-18)23-16(2)25/h5-9,14-15H,4,10-13H2,1-3H3,(H,21,22)(H,23,25). The first-order valence-electron chi connectivity index (χ1n) is 9.10. The Kier molecular flexibility index (Phi) is 8.64. The van der Waals surface area contributed by atoms with Crippen LogP contribution in [-0.4, -0.2) is 50.1 Å². The number of carbonyl (C=O) groups excluding carboxylic acids is 1. The Morgan fingerprint density at radius 2 is 2.15 bits per heavy atom. The van der Waals surface area contributed by atoms with E-state index in [4.69, 9.17) is 4.74 Å². The highest BCUT2D eigenvalue weighted by atomic mass is 32.1. The molecule has 0 aliphatic heterocycles. The third kappa shape index (κ3) is 7.70. The van der Waals surface area contributed by atoms with Crippen molar-refractivity contribution in [2.75, 3.05) is 38.6 Å². The van der Waals surface area contributed by atoms with E-state index in [0.717, 1.165) is 31.2 Å². The fourth-order valence-electron chi connectivity index (χ4n) is 2.49. The first kappa shape index (κ1) is 20.8. The van der Waals surface area contributed by atoms with Gasteiger partial charge in [-0.05, 0) is 36.9 Å². The van der Waals surface area contributed by atoms with E-state index in [1.54, 1.807) is 11.3 Å². The molecule has 0 aliphatic rings. The third-order valence-electron chi connectivity index (χ3n) is 3.75. The van der Waals surface area contributed by atoms with Crippen LogP contribution in [0.1, 0.15) is 18.7 Å². The van der Waals surface area contributed by atoms with Gasteiger partial charge in [-0.25, -0.2) is 4.99 Å². The minimum Gasteiger partial charge on any atom is -0.492 e. The SMILES string of the molecule is CCNC(=NCCOc1cccc(NC(C)=O)c1)N(C)CCc1cccs1. The summed E-state index contributed by atoms with van der Waals surface area (Å²) in [6.07, 6.45) is 1.00. The summed E-state index contributed by atoms with van der Waals surface area (Å²) in [6, 6.07) is 11.6. The molecule has 2 aromatic rings. The van der Waals surface area contributed by atoms with Crippen molar-refractivity contribution in [3.63, 3.8) is 0 Å². The number of anilines is 1. The van der Waals surface area contributed by atoms with Crippen LogP contribution in [0.2, 0.25) is 0 Å². The van der Waals surface area contributed by atoms with E-state index in [1.807, 2.05) is 31.3 Å². The van der Waals surface area contributed by atoms with Gasteiger partial charge in [0.15, 0.2) is 5.96 Å². The molecule has 1 aromatic heterocycles. The van der Waals surface area contributed by atoms with Crippen molar-refractivity contribution in [1.29, 1.82) is 0 Å². The maximum absolute atomic E-state index is 11.1. The zero-order chi connectivity index (χ0) is 19.5. The number of nitrogens with zero attached hydrogens (tertiary/aromatic N) is 2. The number of benzene rings is 1. The van der Waals surface area contributed by atoms with Crippen LogP contribution in [0.25, 0.3) is 0 Å². The molecule has 0 spiro atoms. The molecule has 27 heavy (non-hydrogen) atoms. The van der Waals surface area contributed by atoms with E-state index < -0.39 is 0 Å². The maximum Gasteiger partial charge on any atom is 0.221 e. The van der Waals surface area contributed by atoms with Crippen LogP contribution in [0.5, 0.6) is 5.75 Å². The lowest BCUT2D eigenvalue weighted by Crippen LogP contribution is -2.40. The summed E-state index contributed by atoms with van der Waals surface area (Å²) >= 11 is 1.78. The molecule has 0 saturated carbocycles. The van der Waals surface area contributed by atoms with Crippen molar-refractivity contribution in [2.24, 2.45) is 4.99 Å². The molecule has 0 fully saturated rings. The van der Waals surface area contributed by atoms with Gasteiger partial charge in [0, 0.05) is 43.7 Å². The van der Waals surface area contributed by atoms with Gasteiger partial charge in [0.2, 0.25) is 5.91 Å². The molecular formula is C20H28N4O2S. The van der Waals surface area contributed by atoms with Crippen molar-refractivity contribution in [3.8, 4) is 5.75 Å². The number of ether oxygens (including phenoxy) is 1. The monoisotopic (exact) mass is 388 g/mol. The zero-order valence-corrected chi connectivity index (χ0v) is 17.0. The highest BCUT2D eigenvalue weighted by Gasteiger charge is 2.06. The molecule has 2 N–H and O–H groups in total. The predicted octanol–water partition coefficient (Wildman–Crippen LogP) is 3.23. The largest absolute Gasteiger partial charge is 0.492 e. The molecule has 146 valence electrons. The molecule has 0 saturated heterocycles. The predicted molar refractivity (Wildman–Crippen MR) is 113 cm³/mol. The summed E-state index contributed by atoms with van der Waals surface area (Å²) in [6.45, 7) is 6.30. The summed E-state index contributed by atoms with van der Waals surface area (Å²) in [5.41, 5.74) is 0.727. The first-order valence-corrected chi connectivity index (χ1v) is 9.98. The van der Waals surface area contributed by atoms with Crippen molar-refractivity contribution < 1.29 is 9.53 Å². The van der Waals surface area contributed by atoms with Gasteiger partial charge in [0.1, 0.15) is 12.4 Å². The molecular weight excluding hydrogens is 360 g/mol. The van der Waals surface area contributed by atoms with E-state index >= 15 is 0 Å². The number of nitrogens with one attached hydrogen (secondary N) is 2. The van der Waals surface area contributed by atoms with Gasteiger partial charge in [-0.2, -0.15) is 0 Å². The van der Waals surface area contributed by atoms with E-state index in [2.05, 4.69) is 45.0 Å². The van der Waals surface area contributed by atoms with Gasteiger partial charge in [0.05, 0.1) is 6.54 Å². The number of aliphatic imine (C=N–C) groups is 1. The highest BCUT2D eigenvalue weighted by molar-refractivity contribution is 7.09. The van der Waals surface area contributed by atoms with Crippen LogP contribution in [-0.2, 0) is 11.2 Å². The van der Waals surface area contributed by atoms with Crippen molar-refractivity contribution in [3.05, 3.63) is 46.7 Å². The average molecular weight is 389 g/mol. The van der Waals surface area contributed by atoms with Gasteiger partial charge in [-0.3, -0.25) is 4.79 Å². The lowest BCUT2D eigenvalue weighted by atomic mass is 10.3. The van der Waals surface area contributed by atoms with Gasteiger partial charge in [-0.1, -0.05) is 12.1 Å². The lowest BCUT2D eigenvalue weighted by Gasteiger charge is -2.21.